The summed E-state index contributed by atoms with van der Waals surface area (Å²) in [5.74, 6) is 0. The minimum Gasteiger partial charge on any atom is -0.363 e. The predicted molar refractivity (Wildman–Crippen MR) is 90.4 cm³/mol. The Morgan fingerprint density at radius 2 is 1.95 bits per heavy atom. The number of benzene rings is 2. The van der Waals surface area contributed by atoms with Crippen LogP contribution in [0.25, 0.3) is 0 Å². The van der Waals surface area contributed by atoms with Crippen LogP contribution in [-0.4, -0.2) is 13.1 Å². The molecule has 1 atom stereocenters. The normalized spacial score (nSPS) is 16.2. The fourth-order valence-corrected chi connectivity index (χ4v) is 3.34. The zero-order valence-corrected chi connectivity index (χ0v) is 13.5. The van der Waals surface area contributed by atoms with Crippen LogP contribution in [0.4, 0.5) is 5.69 Å². The highest BCUT2D eigenvalue weighted by Crippen LogP contribution is 2.34. The summed E-state index contributed by atoms with van der Waals surface area (Å²) in [7, 11) is 0. The van der Waals surface area contributed by atoms with Gasteiger partial charge in [-0.25, -0.2) is 0 Å². The van der Waals surface area contributed by atoms with Gasteiger partial charge in [-0.05, 0) is 42.3 Å². The average Bonchev–Trinajstić information content (AvgIpc) is 2.71. The summed E-state index contributed by atoms with van der Waals surface area (Å²) in [6.07, 6.45) is 0. The smallest absolute Gasteiger partial charge is 0.0530 e. The molecule has 110 valence electrons. The molecule has 0 spiro atoms. The molecular formula is C17H18Cl2N2. The molecule has 2 aromatic rings. The lowest BCUT2D eigenvalue weighted by atomic mass is 10.0. The number of rotatable bonds is 2. The number of hydrogen-bond donors (Lipinski definition) is 1. The van der Waals surface area contributed by atoms with E-state index < -0.39 is 0 Å². The van der Waals surface area contributed by atoms with Gasteiger partial charge in [0.15, 0.2) is 0 Å². The second-order valence-corrected chi connectivity index (χ2v) is 6.18. The lowest BCUT2D eigenvalue weighted by Gasteiger charge is -2.32. The molecule has 0 amide bonds. The van der Waals surface area contributed by atoms with Crippen molar-refractivity contribution < 1.29 is 0 Å². The standard InChI is InChI=1S/C17H18Cl2N2/c1-12(15-10-14(18)6-7-16(15)19)21-9-8-20-11-13-4-2-3-5-17(13)21/h2-7,10,12,20H,8-9,11H2,1H3. The first-order valence-electron chi connectivity index (χ1n) is 7.17. The number of anilines is 1. The highest BCUT2D eigenvalue weighted by atomic mass is 35.5. The Morgan fingerprint density at radius 1 is 1.14 bits per heavy atom. The molecule has 1 aliphatic heterocycles. The van der Waals surface area contributed by atoms with Crippen molar-refractivity contribution in [3.63, 3.8) is 0 Å². The third kappa shape index (κ3) is 3.03. The number of halogens is 2. The molecule has 2 nitrogen and oxygen atoms in total. The molecular weight excluding hydrogens is 303 g/mol. The summed E-state index contributed by atoms with van der Waals surface area (Å²) in [4.78, 5) is 2.40. The molecule has 0 saturated heterocycles. The van der Waals surface area contributed by atoms with Crippen molar-refractivity contribution in [3.8, 4) is 0 Å². The van der Waals surface area contributed by atoms with Gasteiger partial charge in [-0.15, -0.1) is 0 Å². The Balaban J connectivity index is 2.01. The largest absolute Gasteiger partial charge is 0.363 e. The third-order valence-electron chi connectivity index (χ3n) is 4.02. The van der Waals surface area contributed by atoms with Crippen LogP contribution in [0.1, 0.15) is 24.1 Å². The number of hydrogen-bond acceptors (Lipinski definition) is 2. The zero-order chi connectivity index (χ0) is 14.8. The predicted octanol–water partition coefficient (Wildman–Crippen LogP) is 4.66. The highest BCUT2D eigenvalue weighted by molar-refractivity contribution is 6.33. The first kappa shape index (κ1) is 14.7. The van der Waals surface area contributed by atoms with Crippen molar-refractivity contribution in [1.29, 1.82) is 0 Å². The minimum absolute atomic E-state index is 0.178. The molecule has 1 unspecified atom stereocenters. The molecule has 0 aliphatic carbocycles. The number of fused-ring (bicyclic) bond motifs is 1. The van der Waals surface area contributed by atoms with Gasteiger partial charge in [0, 0.05) is 35.4 Å². The molecule has 4 heteroatoms. The van der Waals surface area contributed by atoms with Gasteiger partial charge in [0.25, 0.3) is 0 Å². The summed E-state index contributed by atoms with van der Waals surface area (Å²) < 4.78 is 0. The van der Waals surface area contributed by atoms with Gasteiger partial charge in [0.2, 0.25) is 0 Å². The van der Waals surface area contributed by atoms with Crippen molar-refractivity contribution in [3.05, 3.63) is 63.6 Å². The Hall–Kier alpha value is -1.22. The Morgan fingerprint density at radius 3 is 2.81 bits per heavy atom. The summed E-state index contributed by atoms with van der Waals surface area (Å²) in [6, 6.07) is 14.4. The summed E-state index contributed by atoms with van der Waals surface area (Å²) >= 11 is 12.5. The van der Waals surface area contributed by atoms with Crippen LogP contribution in [-0.2, 0) is 6.54 Å². The maximum absolute atomic E-state index is 6.38. The molecule has 1 N–H and O–H groups in total. The molecule has 0 bridgehead atoms. The zero-order valence-electron chi connectivity index (χ0n) is 11.9. The van der Waals surface area contributed by atoms with Crippen LogP contribution < -0.4 is 10.2 Å². The van der Waals surface area contributed by atoms with E-state index in [0.717, 1.165) is 35.2 Å². The van der Waals surface area contributed by atoms with Crippen LogP contribution in [0.5, 0.6) is 0 Å². The molecule has 0 saturated carbocycles. The lowest BCUT2D eigenvalue weighted by Crippen LogP contribution is -2.31. The van der Waals surface area contributed by atoms with Crippen molar-refractivity contribution in [2.45, 2.75) is 19.5 Å². The van der Waals surface area contributed by atoms with Gasteiger partial charge in [0.1, 0.15) is 0 Å². The summed E-state index contributed by atoms with van der Waals surface area (Å²) in [5, 5.41) is 4.95. The first-order chi connectivity index (χ1) is 10.2. The van der Waals surface area contributed by atoms with Gasteiger partial charge in [-0.3, -0.25) is 0 Å². The first-order valence-corrected chi connectivity index (χ1v) is 7.92. The molecule has 0 fully saturated rings. The fourth-order valence-electron chi connectivity index (χ4n) is 2.89. The van der Waals surface area contributed by atoms with Crippen LogP contribution >= 0.6 is 23.2 Å². The molecule has 2 aromatic carbocycles. The van der Waals surface area contributed by atoms with E-state index in [1.807, 2.05) is 18.2 Å². The van der Waals surface area contributed by atoms with E-state index in [4.69, 9.17) is 23.2 Å². The van der Waals surface area contributed by atoms with Gasteiger partial charge >= 0.3 is 0 Å². The van der Waals surface area contributed by atoms with Crippen LogP contribution in [0, 0.1) is 0 Å². The Kier molecular flexibility index (Phi) is 4.39. The van der Waals surface area contributed by atoms with Crippen LogP contribution in [0.2, 0.25) is 10.0 Å². The van der Waals surface area contributed by atoms with E-state index in [1.54, 1.807) is 0 Å². The quantitative estimate of drug-likeness (QED) is 0.865. The summed E-state index contributed by atoms with van der Waals surface area (Å²) in [5.41, 5.74) is 3.66. The second kappa shape index (κ2) is 6.27. The fraction of sp³-hybridized carbons (Fsp3) is 0.294. The van der Waals surface area contributed by atoms with E-state index in [9.17, 15) is 0 Å². The SMILES string of the molecule is CC(c1cc(Cl)ccc1Cl)N1CCNCc2ccccc21. The van der Waals surface area contributed by atoms with Crippen LogP contribution in [0.15, 0.2) is 42.5 Å². The van der Waals surface area contributed by atoms with Gasteiger partial charge in [-0.2, -0.15) is 0 Å². The monoisotopic (exact) mass is 320 g/mol. The lowest BCUT2D eigenvalue weighted by molar-refractivity contribution is 0.639. The second-order valence-electron chi connectivity index (χ2n) is 5.34. The minimum atomic E-state index is 0.178. The number of para-hydroxylation sites is 1. The third-order valence-corrected chi connectivity index (χ3v) is 4.60. The maximum Gasteiger partial charge on any atom is 0.0530 e. The molecule has 1 heterocycles. The number of nitrogens with one attached hydrogen (secondary N) is 1. The van der Waals surface area contributed by atoms with E-state index in [2.05, 4.69) is 41.4 Å². The maximum atomic E-state index is 6.38. The van der Waals surface area contributed by atoms with Gasteiger partial charge in [-0.1, -0.05) is 41.4 Å². The van der Waals surface area contributed by atoms with Crippen LogP contribution in [0.3, 0.4) is 0 Å². The Bertz CT molecular complexity index is 642. The van der Waals surface area contributed by atoms with Crippen molar-refractivity contribution >= 4 is 28.9 Å². The van der Waals surface area contributed by atoms with Gasteiger partial charge in [0.05, 0.1) is 6.04 Å². The van der Waals surface area contributed by atoms with E-state index in [-0.39, 0.29) is 6.04 Å². The molecule has 21 heavy (non-hydrogen) atoms. The molecule has 3 rings (SSSR count). The van der Waals surface area contributed by atoms with Crippen molar-refractivity contribution in [2.75, 3.05) is 18.0 Å². The topological polar surface area (TPSA) is 15.3 Å². The van der Waals surface area contributed by atoms with E-state index in [1.165, 1.54) is 11.3 Å². The molecule has 0 radical (unpaired) electrons. The van der Waals surface area contributed by atoms with Gasteiger partial charge < -0.3 is 10.2 Å². The summed E-state index contributed by atoms with van der Waals surface area (Å²) in [6.45, 7) is 4.99. The Labute approximate surface area is 135 Å². The molecule has 1 aliphatic rings. The average molecular weight is 321 g/mol. The van der Waals surface area contributed by atoms with Crippen molar-refractivity contribution in [2.24, 2.45) is 0 Å². The van der Waals surface area contributed by atoms with E-state index >= 15 is 0 Å². The highest BCUT2D eigenvalue weighted by Gasteiger charge is 2.22. The number of nitrogens with zero attached hydrogens (tertiary/aromatic N) is 1. The van der Waals surface area contributed by atoms with Crippen molar-refractivity contribution in [1.82, 2.24) is 5.32 Å². The molecule has 0 aromatic heterocycles. The van der Waals surface area contributed by atoms with E-state index in [0.29, 0.717) is 0 Å².